The molecule has 0 aliphatic rings. The predicted molar refractivity (Wildman–Crippen MR) is 88.5 cm³/mol. The van der Waals surface area contributed by atoms with Crippen LogP contribution in [0.2, 0.25) is 0 Å². The number of amides is 1. The van der Waals surface area contributed by atoms with Crippen molar-refractivity contribution in [3.8, 4) is 0 Å². The molecule has 5 heteroatoms. The molecule has 1 atom stereocenters. The average Bonchev–Trinajstić information content (AvgIpc) is 2.72. The van der Waals surface area contributed by atoms with Crippen LogP contribution in [0.1, 0.15) is 23.9 Å². The Morgan fingerprint density at radius 1 is 1.33 bits per heavy atom. The molecule has 1 aromatic carbocycles. The molecule has 0 unspecified atom stereocenters. The summed E-state index contributed by atoms with van der Waals surface area (Å²) >= 11 is 1.64. The van der Waals surface area contributed by atoms with Gasteiger partial charge in [-0.15, -0.1) is 11.8 Å². The highest BCUT2D eigenvalue weighted by atomic mass is 32.2. The maximum absolute atomic E-state index is 12.3. The Balaban J connectivity index is 1.93. The molecule has 0 saturated carbocycles. The van der Waals surface area contributed by atoms with Gasteiger partial charge < -0.3 is 5.32 Å². The number of carbonyl (C=O) groups is 1. The molecule has 1 amide bonds. The molecular weight excluding hydrogens is 282 g/mol. The lowest BCUT2D eigenvalue weighted by Gasteiger charge is -2.12. The third kappa shape index (κ3) is 3.88. The van der Waals surface area contributed by atoms with Gasteiger partial charge in [0.2, 0.25) is 5.91 Å². The summed E-state index contributed by atoms with van der Waals surface area (Å²) in [6.45, 7) is 5.80. The van der Waals surface area contributed by atoms with E-state index in [-0.39, 0.29) is 11.2 Å². The highest BCUT2D eigenvalue weighted by Gasteiger charge is 2.17. The molecule has 0 saturated heterocycles. The molecule has 112 valence electrons. The first kappa shape index (κ1) is 15.6. The van der Waals surface area contributed by atoms with E-state index in [1.807, 2.05) is 46.0 Å². The number of hydrogen-bond acceptors (Lipinski definition) is 3. The topological polar surface area (TPSA) is 46.9 Å². The van der Waals surface area contributed by atoms with E-state index in [9.17, 15) is 4.79 Å². The zero-order chi connectivity index (χ0) is 15.4. The van der Waals surface area contributed by atoms with Crippen molar-refractivity contribution >= 4 is 23.4 Å². The van der Waals surface area contributed by atoms with Gasteiger partial charge in [-0.1, -0.05) is 30.3 Å². The minimum atomic E-state index is -0.107. The molecule has 0 fully saturated rings. The fraction of sp³-hybridized carbons (Fsp3) is 0.375. The Labute approximate surface area is 129 Å². The molecule has 0 aliphatic carbocycles. The third-order valence-electron chi connectivity index (χ3n) is 3.47. The molecule has 0 radical (unpaired) electrons. The monoisotopic (exact) mass is 303 g/mol. The van der Waals surface area contributed by atoms with Crippen LogP contribution < -0.4 is 5.32 Å². The lowest BCUT2D eigenvalue weighted by Crippen LogP contribution is -2.23. The minimum Gasteiger partial charge on any atom is -0.322 e. The quantitative estimate of drug-likeness (QED) is 0.922. The number of nitrogens with one attached hydrogen (secondary N) is 1. The molecule has 0 spiro atoms. The molecule has 2 rings (SSSR count). The van der Waals surface area contributed by atoms with Gasteiger partial charge in [-0.2, -0.15) is 5.10 Å². The van der Waals surface area contributed by atoms with Crippen LogP contribution in [0.15, 0.2) is 30.3 Å². The number of aromatic nitrogens is 2. The maximum Gasteiger partial charge on any atom is 0.237 e. The second-order valence-electron chi connectivity index (χ2n) is 5.10. The molecular formula is C16H21N3OS. The van der Waals surface area contributed by atoms with Crippen LogP contribution in [-0.2, 0) is 17.6 Å². The molecule has 1 heterocycles. The second-order valence-corrected chi connectivity index (χ2v) is 6.43. The Morgan fingerprint density at radius 3 is 2.57 bits per heavy atom. The first-order valence-corrected chi connectivity index (χ1v) is 8.00. The summed E-state index contributed by atoms with van der Waals surface area (Å²) in [5.41, 5.74) is 3.88. The van der Waals surface area contributed by atoms with Crippen molar-refractivity contribution in [1.29, 1.82) is 0 Å². The van der Waals surface area contributed by atoms with E-state index in [1.54, 1.807) is 16.4 Å². The van der Waals surface area contributed by atoms with Crippen molar-refractivity contribution < 1.29 is 4.79 Å². The number of hydrogen-bond donors (Lipinski definition) is 1. The summed E-state index contributed by atoms with van der Waals surface area (Å²) in [7, 11) is 1.88. The van der Waals surface area contributed by atoms with Crippen molar-refractivity contribution in [2.75, 3.05) is 5.32 Å². The molecule has 0 bridgehead atoms. The summed E-state index contributed by atoms with van der Waals surface area (Å²) < 4.78 is 1.78. The lowest BCUT2D eigenvalue weighted by molar-refractivity contribution is -0.115. The Morgan fingerprint density at radius 2 is 2.00 bits per heavy atom. The van der Waals surface area contributed by atoms with E-state index in [0.29, 0.717) is 0 Å². The van der Waals surface area contributed by atoms with E-state index in [4.69, 9.17) is 0 Å². The van der Waals surface area contributed by atoms with E-state index >= 15 is 0 Å². The fourth-order valence-corrected chi connectivity index (χ4v) is 2.90. The van der Waals surface area contributed by atoms with Crippen LogP contribution in [0.4, 0.5) is 5.69 Å². The molecule has 2 aromatic rings. The van der Waals surface area contributed by atoms with Crippen molar-refractivity contribution in [2.45, 2.75) is 31.8 Å². The van der Waals surface area contributed by atoms with Crippen molar-refractivity contribution in [3.63, 3.8) is 0 Å². The smallest absolute Gasteiger partial charge is 0.237 e. The molecule has 1 N–H and O–H groups in total. The first-order valence-electron chi connectivity index (χ1n) is 6.95. The number of aryl methyl sites for hydroxylation is 2. The minimum absolute atomic E-state index is 0.0233. The molecule has 0 aliphatic heterocycles. The van der Waals surface area contributed by atoms with E-state index < -0.39 is 0 Å². The number of benzene rings is 1. The number of rotatable bonds is 5. The van der Waals surface area contributed by atoms with Crippen LogP contribution in [0.5, 0.6) is 0 Å². The number of carbonyl (C=O) groups excluding carboxylic acids is 1. The van der Waals surface area contributed by atoms with Gasteiger partial charge >= 0.3 is 0 Å². The molecule has 1 aromatic heterocycles. The van der Waals surface area contributed by atoms with E-state index in [0.717, 1.165) is 22.8 Å². The molecule has 21 heavy (non-hydrogen) atoms. The van der Waals surface area contributed by atoms with Gasteiger partial charge in [0.1, 0.15) is 0 Å². The first-order chi connectivity index (χ1) is 9.99. The zero-order valence-corrected chi connectivity index (χ0v) is 13.7. The van der Waals surface area contributed by atoms with Gasteiger partial charge in [0.25, 0.3) is 0 Å². The van der Waals surface area contributed by atoms with Gasteiger partial charge in [-0.05, 0) is 26.3 Å². The van der Waals surface area contributed by atoms with Gasteiger partial charge in [0.05, 0.1) is 22.3 Å². The van der Waals surface area contributed by atoms with Crippen LogP contribution >= 0.6 is 11.8 Å². The Kier molecular flexibility index (Phi) is 5.07. The van der Waals surface area contributed by atoms with Crippen molar-refractivity contribution in [2.24, 2.45) is 7.05 Å². The van der Waals surface area contributed by atoms with E-state index in [2.05, 4.69) is 22.5 Å². The lowest BCUT2D eigenvalue weighted by atomic mass is 10.2. The third-order valence-corrected chi connectivity index (χ3v) is 4.68. The second kappa shape index (κ2) is 6.80. The van der Waals surface area contributed by atoms with Gasteiger partial charge in [-0.3, -0.25) is 9.48 Å². The number of nitrogens with zero attached hydrogens (tertiary/aromatic N) is 2. The van der Waals surface area contributed by atoms with Crippen LogP contribution in [0, 0.1) is 13.8 Å². The largest absolute Gasteiger partial charge is 0.322 e. The average molecular weight is 303 g/mol. The number of anilines is 1. The summed E-state index contributed by atoms with van der Waals surface area (Å²) in [5, 5.41) is 7.20. The normalized spacial score (nSPS) is 12.2. The van der Waals surface area contributed by atoms with Gasteiger partial charge in [-0.25, -0.2) is 0 Å². The highest BCUT2D eigenvalue weighted by Crippen LogP contribution is 2.22. The molecule has 4 nitrogen and oxygen atoms in total. The fourth-order valence-electron chi connectivity index (χ4n) is 2.05. The van der Waals surface area contributed by atoms with Crippen LogP contribution in [0.3, 0.4) is 0 Å². The predicted octanol–water partition coefficient (Wildman–Crippen LogP) is 3.30. The van der Waals surface area contributed by atoms with Crippen LogP contribution in [-0.4, -0.2) is 20.9 Å². The van der Waals surface area contributed by atoms with Gasteiger partial charge in [0.15, 0.2) is 0 Å². The number of thioether (sulfide) groups is 1. The summed E-state index contributed by atoms with van der Waals surface area (Å²) in [5.74, 6) is 0.857. The standard InChI is InChI=1S/C16H21N3OS/c1-11-15(12(2)19(4)18-11)17-16(20)13(3)21-10-14-8-6-5-7-9-14/h5-9,13H,10H2,1-4H3,(H,17,20)/t13-/m0/s1. The van der Waals surface area contributed by atoms with E-state index in [1.165, 1.54) is 5.56 Å². The summed E-state index contributed by atoms with van der Waals surface area (Å²) in [6.07, 6.45) is 0. The summed E-state index contributed by atoms with van der Waals surface area (Å²) in [6, 6.07) is 10.2. The van der Waals surface area contributed by atoms with Crippen LogP contribution in [0.25, 0.3) is 0 Å². The highest BCUT2D eigenvalue weighted by molar-refractivity contribution is 7.99. The van der Waals surface area contributed by atoms with Crippen molar-refractivity contribution in [1.82, 2.24) is 9.78 Å². The zero-order valence-electron chi connectivity index (χ0n) is 12.9. The summed E-state index contributed by atoms with van der Waals surface area (Å²) in [4.78, 5) is 12.3. The van der Waals surface area contributed by atoms with Crippen molar-refractivity contribution in [3.05, 3.63) is 47.3 Å². The SMILES string of the molecule is Cc1nn(C)c(C)c1NC(=O)[C@H](C)SCc1ccccc1. The maximum atomic E-state index is 12.3. The van der Waals surface area contributed by atoms with Gasteiger partial charge in [0, 0.05) is 12.8 Å². The Hall–Kier alpha value is -1.75. The Bertz CT molecular complexity index is 622.